The molecule has 2 N–H and O–H groups in total. The molecule has 0 unspecified atom stereocenters. The van der Waals surface area contributed by atoms with Gasteiger partial charge in [0.25, 0.3) is 0 Å². The van der Waals surface area contributed by atoms with Gasteiger partial charge in [-0.05, 0) is 63.7 Å². The fourth-order valence-electron chi connectivity index (χ4n) is 3.85. The summed E-state index contributed by atoms with van der Waals surface area (Å²) in [6, 6.07) is 3.73. The molecule has 1 aromatic rings. The Labute approximate surface area is 163 Å². The third-order valence-electron chi connectivity index (χ3n) is 5.15. The van der Waals surface area contributed by atoms with Crippen molar-refractivity contribution in [1.29, 1.82) is 0 Å². The summed E-state index contributed by atoms with van der Waals surface area (Å²) in [6.45, 7) is 11.3. The van der Waals surface area contributed by atoms with E-state index >= 15 is 0 Å². The molecule has 0 aliphatic carbocycles. The predicted molar refractivity (Wildman–Crippen MR) is 108 cm³/mol. The lowest BCUT2D eigenvalue weighted by molar-refractivity contribution is -0.132. The Hall–Kier alpha value is -1.44. The number of hydrogen-bond acceptors (Lipinski definition) is 4. The van der Waals surface area contributed by atoms with Crippen LogP contribution >= 0.6 is 0 Å². The van der Waals surface area contributed by atoms with Gasteiger partial charge in [0.1, 0.15) is 0 Å². The molecule has 0 atom stereocenters. The molecule has 0 aromatic heterocycles. The van der Waals surface area contributed by atoms with Crippen molar-refractivity contribution in [2.24, 2.45) is 5.92 Å². The second-order valence-electron chi connectivity index (χ2n) is 7.51. The molecule has 1 amide bonds. The first-order valence-corrected chi connectivity index (χ1v) is 11.3. The van der Waals surface area contributed by atoms with E-state index in [4.69, 9.17) is 0 Å². The van der Waals surface area contributed by atoms with E-state index < -0.39 is 10.0 Å². The van der Waals surface area contributed by atoms with Crippen LogP contribution in [0, 0.1) is 26.7 Å². The Morgan fingerprint density at radius 3 is 2.30 bits per heavy atom. The Bertz CT molecular complexity index is 731. The molecule has 0 radical (unpaired) electrons. The van der Waals surface area contributed by atoms with Crippen molar-refractivity contribution in [3.8, 4) is 0 Å². The van der Waals surface area contributed by atoms with Crippen LogP contribution in [0.25, 0.3) is 0 Å². The van der Waals surface area contributed by atoms with Crippen molar-refractivity contribution >= 4 is 15.9 Å². The van der Waals surface area contributed by atoms with Crippen molar-refractivity contribution in [1.82, 2.24) is 14.9 Å². The summed E-state index contributed by atoms with van der Waals surface area (Å²) in [7, 11) is -3.61. The van der Waals surface area contributed by atoms with Crippen molar-refractivity contribution < 1.29 is 13.2 Å². The summed E-state index contributed by atoms with van der Waals surface area (Å²) in [6.07, 6.45) is 2.21. The summed E-state index contributed by atoms with van der Waals surface area (Å²) in [5, 5.41) is 3.36. The predicted octanol–water partition coefficient (Wildman–Crippen LogP) is 2.13. The summed E-state index contributed by atoms with van der Waals surface area (Å²) in [5.41, 5.74) is 2.50. The first-order chi connectivity index (χ1) is 12.7. The van der Waals surface area contributed by atoms with E-state index in [-0.39, 0.29) is 18.9 Å². The highest BCUT2D eigenvalue weighted by Crippen LogP contribution is 2.21. The number of piperidine rings is 1. The van der Waals surface area contributed by atoms with Crippen molar-refractivity contribution in [2.45, 2.75) is 51.9 Å². The third kappa shape index (κ3) is 6.02. The highest BCUT2D eigenvalue weighted by Gasteiger charge is 2.24. The summed E-state index contributed by atoms with van der Waals surface area (Å²) in [4.78, 5) is 14.6. The van der Waals surface area contributed by atoms with Crippen molar-refractivity contribution in [2.75, 3.05) is 32.7 Å². The molecule has 1 fully saturated rings. The molecule has 0 spiro atoms. The fraction of sp³-hybridized carbons (Fsp3) is 0.650. The molecular formula is C20H33N3O3S. The molecule has 1 saturated heterocycles. The largest absolute Gasteiger partial charge is 0.343 e. The lowest BCUT2D eigenvalue weighted by Gasteiger charge is -2.32. The normalized spacial score (nSPS) is 15.9. The first-order valence-electron chi connectivity index (χ1n) is 9.80. The minimum Gasteiger partial charge on any atom is -0.343 e. The van der Waals surface area contributed by atoms with Gasteiger partial charge in [0.2, 0.25) is 15.9 Å². The molecular weight excluding hydrogens is 362 g/mol. The minimum atomic E-state index is -3.61. The fourth-order valence-corrected chi connectivity index (χ4v) is 5.33. The zero-order chi connectivity index (χ0) is 20.0. The zero-order valence-corrected chi connectivity index (χ0v) is 17.8. The van der Waals surface area contributed by atoms with Crippen LogP contribution in [0.1, 0.15) is 42.9 Å². The molecule has 27 heavy (non-hydrogen) atoms. The number of hydrogen-bond donors (Lipinski definition) is 2. The molecule has 1 heterocycles. The Morgan fingerprint density at radius 1 is 1.15 bits per heavy atom. The molecule has 7 heteroatoms. The quantitative estimate of drug-likeness (QED) is 0.707. The van der Waals surface area contributed by atoms with E-state index in [1.54, 1.807) is 13.8 Å². The Morgan fingerprint density at radius 2 is 1.74 bits per heavy atom. The minimum absolute atomic E-state index is 0.0250. The van der Waals surface area contributed by atoms with Crippen LogP contribution in [0.5, 0.6) is 0 Å². The molecule has 0 bridgehead atoms. The van der Waals surface area contributed by atoms with Gasteiger partial charge in [0.15, 0.2) is 0 Å². The maximum atomic E-state index is 12.6. The van der Waals surface area contributed by atoms with Gasteiger partial charge < -0.3 is 10.2 Å². The molecule has 6 nitrogen and oxygen atoms in total. The maximum Gasteiger partial charge on any atom is 0.241 e. The molecule has 1 aliphatic heterocycles. The number of carbonyl (C=O) groups is 1. The number of amides is 1. The molecule has 1 aromatic carbocycles. The summed E-state index contributed by atoms with van der Waals surface area (Å²) >= 11 is 0. The van der Waals surface area contributed by atoms with E-state index in [2.05, 4.69) is 17.0 Å². The van der Waals surface area contributed by atoms with E-state index in [1.165, 1.54) is 0 Å². The van der Waals surface area contributed by atoms with Gasteiger partial charge in [-0.15, -0.1) is 0 Å². The second kappa shape index (κ2) is 9.66. The molecule has 0 saturated carbocycles. The van der Waals surface area contributed by atoms with Gasteiger partial charge >= 0.3 is 0 Å². The zero-order valence-electron chi connectivity index (χ0n) is 17.0. The number of nitrogens with zero attached hydrogens (tertiary/aromatic N) is 1. The number of aryl methyl sites for hydroxylation is 3. The molecule has 1 aliphatic rings. The standard InChI is InChI=1S/C20H33N3O3S/c1-5-21-14-18-7-10-23(11-8-18)19(24)6-9-22-27(25,26)20-16(3)12-15(2)13-17(20)4/h12-13,18,21-22H,5-11,14H2,1-4H3. The van der Waals surface area contributed by atoms with E-state index in [0.29, 0.717) is 10.8 Å². The molecule has 152 valence electrons. The van der Waals surface area contributed by atoms with Gasteiger partial charge in [-0.2, -0.15) is 0 Å². The lowest BCUT2D eigenvalue weighted by Crippen LogP contribution is -2.41. The number of benzene rings is 1. The van der Waals surface area contributed by atoms with Crippen LogP contribution < -0.4 is 10.0 Å². The number of nitrogens with one attached hydrogen (secondary N) is 2. The highest BCUT2D eigenvalue weighted by molar-refractivity contribution is 7.89. The SMILES string of the molecule is CCNCC1CCN(C(=O)CCNS(=O)(=O)c2c(C)cc(C)cc2C)CC1. The lowest BCUT2D eigenvalue weighted by atomic mass is 9.96. The Balaban J connectivity index is 1.85. The van der Waals surface area contributed by atoms with Crippen LogP contribution in [-0.2, 0) is 14.8 Å². The van der Waals surface area contributed by atoms with Crippen LogP contribution in [0.4, 0.5) is 0 Å². The van der Waals surface area contributed by atoms with Crippen LogP contribution in [-0.4, -0.2) is 51.9 Å². The van der Waals surface area contributed by atoms with Gasteiger partial charge in [-0.25, -0.2) is 13.1 Å². The van der Waals surface area contributed by atoms with Crippen molar-refractivity contribution in [3.05, 3.63) is 28.8 Å². The number of carbonyl (C=O) groups excluding carboxylic acids is 1. The van der Waals surface area contributed by atoms with E-state index in [1.807, 2.05) is 24.0 Å². The van der Waals surface area contributed by atoms with Gasteiger partial charge in [0.05, 0.1) is 4.90 Å². The highest BCUT2D eigenvalue weighted by atomic mass is 32.2. The smallest absolute Gasteiger partial charge is 0.241 e. The van der Waals surface area contributed by atoms with Gasteiger partial charge in [-0.3, -0.25) is 4.79 Å². The number of rotatable bonds is 8. The monoisotopic (exact) mass is 395 g/mol. The molecule has 2 rings (SSSR count). The van der Waals surface area contributed by atoms with Gasteiger partial charge in [-0.1, -0.05) is 24.6 Å². The van der Waals surface area contributed by atoms with Crippen molar-refractivity contribution in [3.63, 3.8) is 0 Å². The number of likely N-dealkylation sites (tertiary alicyclic amines) is 1. The van der Waals surface area contributed by atoms with E-state index in [0.717, 1.165) is 55.7 Å². The van der Waals surface area contributed by atoms with Crippen LogP contribution in [0.2, 0.25) is 0 Å². The van der Waals surface area contributed by atoms with Crippen LogP contribution in [0.15, 0.2) is 17.0 Å². The summed E-state index contributed by atoms with van der Waals surface area (Å²) in [5.74, 6) is 0.650. The van der Waals surface area contributed by atoms with Crippen LogP contribution in [0.3, 0.4) is 0 Å². The topological polar surface area (TPSA) is 78.5 Å². The second-order valence-corrected chi connectivity index (χ2v) is 9.21. The van der Waals surface area contributed by atoms with Gasteiger partial charge in [0, 0.05) is 26.1 Å². The maximum absolute atomic E-state index is 12.6. The summed E-state index contributed by atoms with van der Waals surface area (Å²) < 4.78 is 27.9. The first kappa shape index (κ1) is 21.9. The number of sulfonamides is 1. The average Bonchev–Trinajstić information content (AvgIpc) is 2.59. The Kier molecular flexibility index (Phi) is 7.82. The van der Waals surface area contributed by atoms with E-state index in [9.17, 15) is 13.2 Å². The average molecular weight is 396 g/mol. The third-order valence-corrected chi connectivity index (χ3v) is 6.92.